The van der Waals surface area contributed by atoms with Crippen LogP contribution in [0.2, 0.25) is 0 Å². The Labute approximate surface area is 91.4 Å². The Balaban J connectivity index is 2.18. The molecule has 1 aromatic carbocycles. The van der Waals surface area contributed by atoms with Gasteiger partial charge in [-0.2, -0.15) is 0 Å². The molecule has 4 nitrogen and oxygen atoms in total. The molecule has 0 aliphatic carbocycles. The Morgan fingerprint density at radius 1 is 1.19 bits per heavy atom. The molecule has 0 saturated heterocycles. The first kappa shape index (κ1) is 10.5. The second kappa shape index (κ2) is 4.67. The zero-order chi connectivity index (χ0) is 11.4. The minimum Gasteiger partial charge on any atom is -0.434 e. The summed E-state index contributed by atoms with van der Waals surface area (Å²) in [5.74, 6) is -0.189. The van der Waals surface area contributed by atoms with Crippen molar-refractivity contribution in [1.29, 1.82) is 0 Å². The van der Waals surface area contributed by atoms with Crippen molar-refractivity contribution in [3.8, 4) is 11.6 Å². The molecule has 0 unspecified atom stereocenters. The van der Waals surface area contributed by atoms with Crippen LogP contribution in [0.1, 0.15) is 5.69 Å². The van der Waals surface area contributed by atoms with E-state index in [9.17, 15) is 4.39 Å². The molecule has 0 radical (unpaired) electrons. The second-order valence-electron chi connectivity index (χ2n) is 3.04. The molecule has 0 fully saturated rings. The van der Waals surface area contributed by atoms with Gasteiger partial charge in [0.15, 0.2) is 11.6 Å². The minimum atomic E-state index is -0.462. The molecule has 0 aliphatic heterocycles. The SMILES string of the molecule is OCc1cnc(Oc2ccccc2F)cn1. The second-order valence-corrected chi connectivity index (χ2v) is 3.04. The third-order valence-electron chi connectivity index (χ3n) is 1.89. The smallest absolute Gasteiger partial charge is 0.237 e. The van der Waals surface area contributed by atoms with Crippen molar-refractivity contribution in [1.82, 2.24) is 9.97 Å². The highest BCUT2D eigenvalue weighted by Crippen LogP contribution is 2.21. The predicted molar refractivity (Wildman–Crippen MR) is 54.4 cm³/mol. The fourth-order valence-corrected chi connectivity index (χ4v) is 1.12. The van der Waals surface area contributed by atoms with Crippen LogP contribution in [0.25, 0.3) is 0 Å². The summed E-state index contributed by atoms with van der Waals surface area (Å²) in [5.41, 5.74) is 0.431. The lowest BCUT2D eigenvalue weighted by atomic mass is 10.3. The highest BCUT2D eigenvalue weighted by molar-refractivity contribution is 5.27. The van der Waals surface area contributed by atoms with Crippen LogP contribution in [0, 0.1) is 5.82 Å². The summed E-state index contributed by atoms with van der Waals surface area (Å²) in [5, 5.41) is 8.76. The first-order valence-electron chi connectivity index (χ1n) is 4.64. The molecule has 2 aromatic rings. The van der Waals surface area contributed by atoms with Gasteiger partial charge in [0.2, 0.25) is 5.88 Å². The topological polar surface area (TPSA) is 55.2 Å². The molecule has 0 saturated carbocycles. The normalized spacial score (nSPS) is 10.1. The molecular weight excluding hydrogens is 211 g/mol. The van der Waals surface area contributed by atoms with E-state index in [0.717, 1.165) is 0 Å². The molecule has 0 spiro atoms. The van der Waals surface area contributed by atoms with Gasteiger partial charge in [0.05, 0.1) is 24.7 Å². The van der Waals surface area contributed by atoms with Crippen LogP contribution in [0.15, 0.2) is 36.7 Å². The summed E-state index contributed by atoms with van der Waals surface area (Å²) in [7, 11) is 0. The van der Waals surface area contributed by atoms with E-state index >= 15 is 0 Å². The molecule has 5 heteroatoms. The number of hydrogen-bond donors (Lipinski definition) is 1. The average Bonchev–Trinajstić information content (AvgIpc) is 2.33. The fraction of sp³-hybridized carbons (Fsp3) is 0.0909. The summed E-state index contributed by atoms with van der Waals surface area (Å²) < 4.78 is 18.4. The molecule has 16 heavy (non-hydrogen) atoms. The molecule has 0 bridgehead atoms. The Bertz CT molecular complexity index is 474. The van der Waals surface area contributed by atoms with Gasteiger partial charge < -0.3 is 9.84 Å². The van der Waals surface area contributed by atoms with Gasteiger partial charge in [-0.3, -0.25) is 4.98 Å². The van der Waals surface area contributed by atoms with Crippen LogP contribution in [0.5, 0.6) is 11.6 Å². The van der Waals surface area contributed by atoms with Gasteiger partial charge in [0.1, 0.15) is 0 Å². The largest absolute Gasteiger partial charge is 0.434 e. The number of para-hydroxylation sites is 1. The number of nitrogens with zero attached hydrogens (tertiary/aromatic N) is 2. The van der Waals surface area contributed by atoms with E-state index in [-0.39, 0.29) is 18.2 Å². The zero-order valence-electron chi connectivity index (χ0n) is 8.30. The summed E-state index contributed by atoms with van der Waals surface area (Å²) in [6.07, 6.45) is 2.70. The van der Waals surface area contributed by atoms with Crippen molar-refractivity contribution in [2.24, 2.45) is 0 Å². The lowest BCUT2D eigenvalue weighted by Gasteiger charge is -2.04. The van der Waals surface area contributed by atoms with Gasteiger partial charge in [0, 0.05) is 0 Å². The lowest BCUT2D eigenvalue weighted by molar-refractivity contribution is 0.275. The van der Waals surface area contributed by atoms with Crippen molar-refractivity contribution < 1.29 is 14.2 Å². The summed E-state index contributed by atoms with van der Waals surface area (Å²) in [6.45, 7) is -0.188. The van der Waals surface area contributed by atoms with Gasteiger partial charge in [-0.25, -0.2) is 9.37 Å². The van der Waals surface area contributed by atoms with Crippen molar-refractivity contribution >= 4 is 0 Å². The zero-order valence-corrected chi connectivity index (χ0v) is 8.30. The van der Waals surface area contributed by atoms with Crippen molar-refractivity contribution in [2.45, 2.75) is 6.61 Å². The third kappa shape index (κ3) is 2.32. The Hall–Kier alpha value is -2.01. The van der Waals surface area contributed by atoms with Crippen LogP contribution >= 0.6 is 0 Å². The molecule has 82 valence electrons. The van der Waals surface area contributed by atoms with Crippen molar-refractivity contribution in [3.63, 3.8) is 0 Å². The summed E-state index contributed by atoms with van der Waals surface area (Å²) >= 11 is 0. The molecule has 2 rings (SSSR count). The number of aromatic nitrogens is 2. The first-order chi connectivity index (χ1) is 7.79. The quantitative estimate of drug-likeness (QED) is 0.858. The van der Waals surface area contributed by atoms with Crippen molar-refractivity contribution in [3.05, 3.63) is 48.2 Å². The molecular formula is C11H9FN2O2. The van der Waals surface area contributed by atoms with Crippen molar-refractivity contribution in [2.75, 3.05) is 0 Å². The van der Waals surface area contributed by atoms with Gasteiger partial charge >= 0.3 is 0 Å². The van der Waals surface area contributed by atoms with Gasteiger partial charge in [-0.1, -0.05) is 12.1 Å². The highest BCUT2D eigenvalue weighted by Gasteiger charge is 2.04. The van der Waals surface area contributed by atoms with Crippen LogP contribution in [-0.2, 0) is 6.61 Å². The predicted octanol–water partition coefficient (Wildman–Crippen LogP) is 1.90. The fourth-order valence-electron chi connectivity index (χ4n) is 1.12. The minimum absolute atomic E-state index is 0.0912. The van der Waals surface area contributed by atoms with Crippen LogP contribution in [0.3, 0.4) is 0 Å². The van der Waals surface area contributed by atoms with E-state index in [1.165, 1.54) is 24.5 Å². The maximum atomic E-state index is 13.2. The number of aliphatic hydroxyl groups excluding tert-OH is 1. The number of aliphatic hydroxyl groups is 1. The van der Waals surface area contributed by atoms with Crippen LogP contribution in [-0.4, -0.2) is 15.1 Å². The molecule has 0 aliphatic rings. The monoisotopic (exact) mass is 220 g/mol. The van der Waals surface area contributed by atoms with E-state index in [1.807, 2.05) is 0 Å². The molecule has 1 aromatic heterocycles. The maximum absolute atomic E-state index is 13.2. The van der Waals surface area contributed by atoms with E-state index in [4.69, 9.17) is 9.84 Å². The third-order valence-corrected chi connectivity index (χ3v) is 1.89. The summed E-state index contributed by atoms with van der Waals surface area (Å²) in [6, 6.07) is 6.03. The van der Waals surface area contributed by atoms with E-state index < -0.39 is 5.82 Å². The number of halogens is 1. The van der Waals surface area contributed by atoms with Gasteiger partial charge in [-0.15, -0.1) is 0 Å². The Morgan fingerprint density at radius 3 is 2.62 bits per heavy atom. The number of hydrogen-bond acceptors (Lipinski definition) is 4. The molecule has 1 N–H and O–H groups in total. The number of rotatable bonds is 3. The number of ether oxygens (including phenoxy) is 1. The molecule has 0 amide bonds. The van der Waals surface area contributed by atoms with E-state index in [0.29, 0.717) is 5.69 Å². The standard InChI is InChI=1S/C11H9FN2O2/c12-9-3-1-2-4-10(9)16-11-6-13-8(7-15)5-14-11/h1-6,15H,7H2. The Kier molecular flexibility index (Phi) is 3.07. The lowest BCUT2D eigenvalue weighted by Crippen LogP contribution is -1.94. The maximum Gasteiger partial charge on any atom is 0.237 e. The highest BCUT2D eigenvalue weighted by atomic mass is 19.1. The summed E-state index contributed by atoms with van der Waals surface area (Å²) in [4.78, 5) is 7.74. The first-order valence-corrected chi connectivity index (χ1v) is 4.64. The van der Waals surface area contributed by atoms with E-state index in [2.05, 4.69) is 9.97 Å². The van der Waals surface area contributed by atoms with Gasteiger partial charge in [-0.05, 0) is 12.1 Å². The van der Waals surface area contributed by atoms with Crippen LogP contribution in [0.4, 0.5) is 4.39 Å². The Morgan fingerprint density at radius 2 is 2.00 bits per heavy atom. The molecule has 1 heterocycles. The van der Waals surface area contributed by atoms with Gasteiger partial charge in [0.25, 0.3) is 0 Å². The average molecular weight is 220 g/mol. The number of benzene rings is 1. The molecule has 0 atom stereocenters. The van der Waals surface area contributed by atoms with Crippen LogP contribution < -0.4 is 4.74 Å². The van der Waals surface area contributed by atoms with E-state index in [1.54, 1.807) is 12.1 Å².